The molecule has 7 aliphatic carbocycles. The van der Waals surface area contributed by atoms with Crippen LogP contribution in [0.5, 0.6) is 0 Å². The Bertz CT molecular complexity index is 2070. The van der Waals surface area contributed by atoms with E-state index in [-0.39, 0.29) is 0 Å². The van der Waals surface area contributed by atoms with Crippen LogP contribution in [0.3, 0.4) is 0 Å². The molecule has 3 nitrogen and oxygen atoms in total. The number of rotatable bonds is 6. The van der Waals surface area contributed by atoms with Crippen molar-refractivity contribution >= 4 is 0 Å². The first-order valence-corrected chi connectivity index (χ1v) is 18.9. The van der Waals surface area contributed by atoms with E-state index in [1.165, 1.54) is 60.8 Å². The third kappa shape index (κ3) is 4.38. The fraction of sp³-hybridized carbons (Fsp3) is 0.298. The molecule has 0 amide bonds. The molecule has 7 fully saturated rings. The average Bonchev–Trinajstić information content (AvgIpc) is 3.20. The number of aromatic nitrogens is 3. The highest BCUT2D eigenvalue weighted by molar-refractivity contribution is 5.72. The van der Waals surface area contributed by atoms with E-state index in [1.807, 2.05) is 0 Å². The monoisotopic (exact) mass is 647 g/mol. The van der Waals surface area contributed by atoms with E-state index >= 15 is 0 Å². The van der Waals surface area contributed by atoms with E-state index in [9.17, 15) is 0 Å². The standard InChI is InChI=1S/C47H41N3/c1-3-7-31(8-4-1)33-11-15-35(16-12-33)44-48-45(36-17-13-34(14-18-36)32-9-5-2-6-10-32)50-46(49-44)37-19-21-38(22-20-37)47-28-30-24-40-39-23-29(26-42(40)47)27-43(47)41(39)25-30/h1-22,29-30,39-43H,23-28H2. The van der Waals surface area contributed by atoms with Crippen molar-refractivity contribution < 1.29 is 0 Å². The van der Waals surface area contributed by atoms with Crippen LogP contribution in [0, 0.1) is 41.4 Å². The molecule has 0 spiro atoms. The van der Waals surface area contributed by atoms with Crippen molar-refractivity contribution in [1.29, 1.82) is 0 Å². The molecule has 7 aliphatic rings. The van der Waals surface area contributed by atoms with Gasteiger partial charge >= 0.3 is 0 Å². The first-order chi connectivity index (χ1) is 24.7. The highest BCUT2D eigenvalue weighted by Crippen LogP contribution is 2.76. The van der Waals surface area contributed by atoms with Crippen LogP contribution in [-0.4, -0.2) is 15.0 Å². The fourth-order valence-electron chi connectivity index (χ4n) is 12.1. The Kier molecular flexibility index (Phi) is 6.39. The fourth-order valence-corrected chi connectivity index (χ4v) is 12.1. The molecule has 6 aromatic rings. The Hall–Kier alpha value is -4.89. The lowest BCUT2D eigenvalue weighted by Gasteiger charge is -2.74. The zero-order valence-electron chi connectivity index (χ0n) is 28.3. The molecule has 0 saturated heterocycles. The van der Waals surface area contributed by atoms with Crippen molar-refractivity contribution in [2.45, 2.75) is 43.9 Å². The molecule has 0 N–H and O–H groups in total. The van der Waals surface area contributed by atoms with Gasteiger partial charge in [-0.1, -0.05) is 133 Å². The SMILES string of the molecule is c1ccc(-c2ccc(-c3nc(-c4ccc(-c5ccccc5)cc4)nc(-c4ccc(C56CC7CC8C9CC(CC85)CC6C9C7)cc4)n3)cc2)cc1. The molecule has 50 heavy (non-hydrogen) atoms. The maximum atomic E-state index is 5.14. The van der Waals surface area contributed by atoms with Crippen LogP contribution in [0.4, 0.5) is 0 Å². The van der Waals surface area contributed by atoms with E-state index in [4.69, 9.17) is 15.0 Å². The van der Waals surface area contributed by atoms with Crippen LogP contribution in [0.25, 0.3) is 56.4 Å². The predicted octanol–water partition coefficient (Wildman–Crippen LogP) is 11.2. The second kappa shape index (κ2) is 11.1. The predicted molar refractivity (Wildman–Crippen MR) is 201 cm³/mol. The molecular weight excluding hydrogens is 607 g/mol. The summed E-state index contributed by atoms with van der Waals surface area (Å²) in [4.78, 5) is 15.4. The lowest BCUT2D eigenvalue weighted by Crippen LogP contribution is -2.69. The normalized spacial score (nSPS) is 29.8. The highest BCUT2D eigenvalue weighted by atomic mass is 15.0. The minimum atomic E-state index is 0.402. The number of nitrogens with zero attached hydrogens (tertiary/aromatic N) is 3. The first-order valence-electron chi connectivity index (χ1n) is 18.9. The number of hydrogen-bond acceptors (Lipinski definition) is 3. The summed E-state index contributed by atoms with van der Waals surface area (Å²) in [6.07, 6.45) is 8.95. The van der Waals surface area contributed by atoms with Gasteiger partial charge in [0.05, 0.1) is 0 Å². The van der Waals surface area contributed by atoms with E-state index in [0.717, 1.165) is 63.9 Å². The third-order valence-corrected chi connectivity index (χ3v) is 13.9. The summed E-state index contributed by atoms with van der Waals surface area (Å²) in [5.74, 6) is 8.88. The molecule has 0 aliphatic heterocycles. The van der Waals surface area contributed by atoms with Gasteiger partial charge in [0.1, 0.15) is 0 Å². The summed E-state index contributed by atoms with van der Waals surface area (Å²) >= 11 is 0. The number of hydrogen-bond donors (Lipinski definition) is 0. The van der Waals surface area contributed by atoms with Gasteiger partial charge in [0, 0.05) is 22.1 Å². The van der Waals surface area contributed by atoms with Crippen LogP contribution in [-0.2, 0) is 5.41 Å². The maximum Gasteiger partial charge on any atom is 0.164 e. The topological polar surface area (TPSA) is 38.7 Å². The van der Waals surface area contributed by atoms with Crippen LogP contribution in [0.2, 0.25) is 0 Å². The lowest BCUT2D eigenvalue weighted by atomic mass is 9.30. The summed E-state index contributed by atoms with van der Waals surface area (Å²) in [5.41, 5.74) is 9.84. The number of benzene rings is 5. The molecule has 1 heterocycles. The van der Waals surface area contributed by atoms with Gasteiger partial charge < -0.3 is 0 Å². The smallest absolute Gasteiger partial charge is 0.164 e. The van der Waals surface area contributed by atoms with Gasteiger partial charge in [0.25, 0.3) is 0 Å². The molecule has 8 bridgehead atoms. The summed E-state index contributed by atoms with van der Waals surface area (Å²) in [6, 6.07) is 47.9. The average molecular weight is 648 g/mol. The zero-order chi connectivity index (χ0) is 32.8. The minimum absolute atomic E-state index is 0.402. The summed E-state index contributed by atoms with van der Waals surface area (Å²) in [6.45, 7) is 0. The Morgan fingerprint density at radius 3 is 1.20 bits per heavy atom. The van der Waals surface area contributed by atoms with Gasteiger partial charge in [-0.05, 0) is 108 Å². The second-order valence-corrected chi connectivity index (χ2v) is 16.1. The van der Waals surface area contributed by atoms with Crippen LogP contribution in [0.15, 0.2) is 133 Å². The van der Waals surface area contributed by atoms with E-state index in [1.54, 1.807) is 5.56 Å². The van der Waals surface area contributed by atoms with Crippen molar-refractivity contribution in [2.75, 3.05) is 0 Å². The molecule has 0 radical (unpaired) electrons. The Morgan fingerprint density at radius 1 is 0.360 bits per heavy atom. The van der Waals surface area contributed by atoms with Gasteiger partial charge in [-0.3, -0.25) is 0 Å². The van der Waals surface area contributed by atoms with Gasteiger partial charge in [-0.25, -0.2) is 15.0 Å². The molecule has 4 unspecified atom stereocenters. The van der Waals surface area contributed by atoms with Crippen molar-refractivity contribution in [3.63, 3.8) is 0 Å². The van der Waals surface area contributed by atoms with Crippen LogP contribution >= 0.6 is 0 Å². The van der Waals surface area contributed by atoms with E-state index < -0.39 is 0 Å². The van der Waals surface area contributed by atoms with Gasteiger partial charge in [-0.15, -0.1) is 0 Å². The Morgan fingerprint density at radius 2 is 0.740 bits per heavy atom. The molecule has 3 heteroatoms. The molecule has 7 saturated carbocycles. The molecule has 1 aromatic heterocycles. The van der Waals surface area contributed by atoms with Crippen molar-refractivity contribution in [1.82, 2.24) is 15.0 Å². The Balaban J connectivity index is 0.978. The second-order valence-electron chi connectivity index (χ2n) is 16.1. The van der Waals surface area contributed by atoms with Crippen molar-refractivity contribution in [3.8, 4) is 56.4 Å². The summed E-state index contributed by atoms with van der Waals surface area (Å²) in [7, 11) is 0. The van der Waals surface area contributed by atoms with Gasteiger partial charge in [0.2, 0.25) is 0 Å². The maximum absolute atomic E-state index is 5.14. The van der Waals surface area contributed by atoms with Crippen molar-refractivity contribution in [2.24, 2.45) is 41.4 Å². The molecule has 4 atom stereocenters. The molecule has 244 valence electrons. The van der Waals surface area contributed by atoms with Gasteiger partial charge in [-0.2, -0.15) is 0 Å². The van der Waals surface area contributed by atoms with Crippen molar-refractivity contribution in [3.05, 3.63) is 139 Å². The molecule has 5 aromatic carbocycles. The van der Waals surface area contributed by atoms with E-state index in [0.29, 0.717) is 17.1 Å². The van der Waals surface area contributed by atoms with Crippen LogP contribution < -0.4 is 0 Å². The third-order valence-electron chi connectivity index (χ3n) is 13.9. The minimum Gasteiger partial charge on any atom is -0.208 e. The van der Waals surface area contributed by atoms with Crippen LogP contribution in [0.1, 0.15) is 44.1 Å². The lowest BCUT2D eigenvalue weighted by molar-refractivity contribution is -0.220. The molecular formula is C47H41N3. The summed E-state index contributed by atoms with van der Waals surface area (Å²) < 4.78 is 0. The Labute approximate surface area is 294 Å². The first kappa shape index (κ1) is 28.9. The zero-order valence-corrected chi connectivity index (χ0v) is 28.3. The van der Waals surface area contributed by atoms with Gasteiger partial charge in [0.15, 0.2) is 17.5 Å². The highest BCUT2D eigenvalue weighted by Gasteiger charge is 2.70. The quantitative estimate of drug-likeness (QED) is 0.181. The van der Waals surface area contributed by atoms with E-state index in [2.05, 4.69) is 133 Å². The summed E-state index contributed by atoms with van der Waals surface area (Å²) in [5, 5.41) is 0. The largest absolute Gasteiger partial charge is 0.208 e. The molecule has 13 rings (SSSR count).